The highest BCUT2D eigenvalue weighted by molar-refractivity contribution is 7.94. The number of aromatic nitrogens is 2. The molecule has 88 valence electrons. The molecule has 0 atom stereocenters. The van der Waals surface area contributed by atoms with Gasteiger partial charge in [-0.15, -0.1) is 0 Å². The Morgan fingerprint density at radius 2 is 2.00 bits per heavy atom. The fraction of sp³-hybridized carbons (Fsp3) is 0. The average molecular weight is 271 g/mol. The Balaban J connectivity index is 2.28. The van der Waals surface area contributed by atoms with Gasteiger partial charge in [-0.25, -0.2) is 18.4 Å². The van der Waals surface area contributed by atoms with Crippen LogP contribution < -0.4 is 0 Å². The van der Waals surface area contributed by atoms with Gasteiger partial charge in [-0.2, -0.15) is 0 Å². The third-order valence-corrected chi connectivity index (χ3v) is 3.22. The smallest absolute Gasteiger partial charge is 0.251 e. The molecule has 0 N–H and O–H groups in total. The molecular formula is C10H7ClN2O3S. The summed E-state index contributed by atoms with van der Waals surface area (Å²) in [7, 11) is -3.67. The van der Waals surface area contributed by atoms with Crippen LogP contribution in [0.15, 0.2) is 45.8 Å². The molecule has 0 aliphatic rings. The van der Waals surface area contributed by atoms with E-state index < -0.39 is 9.84 Å². The van der Waals surface area contributed by atoms with Gasteiger partial charge in [0.1, 0.15) is 5.76 Å². The molecule has 0 radical (unpaired) electrons. The molecule has 2 aromatic heterocycles. The second kappa shape index (κ2) is 4.68. The van der Waals surface area contributed by atoms with Crippen LogP contribution in [-0.2, 0) is 9.84 Å². The lowest BCUT2D eigenvalue weighted by atomic mass is 10.5. The standard InChI is InChI=1S/C10H7ClN2O3S/c11-8-6-12-10(13-7-8)17(14,15)5-3-9-2-1-4-16-9/h1-7H/b5-3+. The van der Waals surface area contributed by atoms with E-state index in [1.54, 1.807) is 12.1 Å². The largest absolute Gasteiger partial charge is 0.465 e. The maximum atomic E-state index is 11.7. The summed E-state index contributed by atoms with van der Waals surface area (Å²) in [4.78, 5) is 7.27. The molecule has 17 heavy (non-hydrogen) atoms. The monoisotopic (exact) mass is 270 g/mol. The van der Waals surface area contributed by atoms with E-state index in [1.165, 1.54) is 24.7 Å². The van der Waals surface area contributed by atoms with Gasteiger partial charge in [0.25, 0.3) is 5.16 Å². The molecule has 0 saturated carbocycles. The molecule has 2 rings (SSSR count). The molecule has 7 heteroatoms. The Morgan fingerprint density at radius 1 is 1.29 bits per heavy atom. The molecular weight excluding hydrogens is 264 g/mol. The van der Waals surface area contributed by atoms with Gasteiger partial charge in [-0.1, -0.05) is 11.6 Å². The van der Waals surface area contributed by atoms with Crippen LogP contribution in [0.4, 0.5) is 0 Å². The molecule has 2 aromatic rings. The topological polar surface area (TPSA) is 73.1 Å². The van der Waals surface area contributed by atoms with E-state index in [4.69, 9.17) is 16.0 Å². The molecule has 2 heterocycles. The first-order valence-electron chi connectivity index (χ1n) is 4.52. The fourth-order valence-electron chi connectivity index (χ4n) is 1.05. The second-order valence-electron chi connectivity index (χ2n) is 3.05. The zero-order chi connectivity index (χ0) is 12.3. The maximum Gasteiger partial charge on any atom is 0.251 e. The minimum Gasteiger partial charge on any atom is -0.465 e. The van der Waals surface area contributed by atoms with Crippen LogP contribution >= 0.6 is 11.6 Å². The lowest BCUT2D eigenvalue weighted by Crippen LogP contribution is -2.02. The molecule has 0 aliphatic heterocycles. The van der Waals surface area contributed by atoms with Crippen LogP contribution in [0.3, 0.4) is 0 Å². The van der Waals surface area contributed by atoms with Gasteiger partial charge in [-0.05, 0) is 18.2 Å². The number of hydrogen-bond acceptors (Lipinski definition) is 5. The van der Waals surface area contributed by atoms with Crippen LogP contribution in [0.1, 0.15) is 5.76 Å². The molecule has 0 amide bonds. The normalized spacial score (nSPS) is 12.1. The third-order valence-electron chi connectivity index (χ3n) is 1.81. The molecule has 0 unspecified atom stereocenters. The first-order valence-corrected chi connectivity index (χ1v) is 6.44. The highest BCUT2D eigenvalue weighted by Crippen LogP contribution is 2.11. The summed E-state index contributed by atoms with van der Waals surface area (Å²) >= 11 is 5.57. The Hall–Kier alpha value is -1.66. The van der Waals surface area contributed by atoms with E-state index in [9.17, 15) is 8.42 Å². The Kier molecular flexibility index (Phi) is 3.26. The van der Waals surface area contributed by atoms with Gasteiger partial charge < -0.3 is 4.42 Å². The molecule has 0 saturated heterocycles. The Labute approximate surface area is 103 Å². The summed E-state index contributed by atoms with van der Waals surface area (Å²) in [6.45, 7) is 0. The van der Waals surface area contributed by atoms with Crippen molar-refractivity contribution < 1.29 is 12.8 Å². The summed E-state index contributed by atoms with van der Waals surface area (Å²) < 4.78 is 28.5. The fourth-order valence-corrected chi connectivity index (χ4v) is 1.98. The van der Waals surface area contributed by atoms with Gasteiger partial charge in [0.2, 0.25) is 9.84 Å². The van der Waals surface area contributed by atoms with E-state index in [1.807, 2.05) is 0 Å². The van der Waals surface area contributed by atoms with Crippen molar-refractivity contribution in [1.29, 1.82) is 0 Å². The average Bonchev–Trinajstić information content (AvgIpc) is 2.80. The van der Waals surface area contributed by atoms with Gasteiger partial charge in [0.15, 0.2) is 0 Å². The molecule has 0 bridgehead atoms. The zero-order valence-corrected chi connectivity index (χ0v) is 10.0. The highest BCUT2D eigenvalue weighted by atomic mass is 35.5. The van der Waals surface area contributed by atoms with Crippen molar-refractivity contribution in [2.45, 2.75) is 5.16 Å². The predicted octanol–water partition coefficient (Wildman–Crippen LogP) is 2.17. The Bertz CT molecular complexity index is 618. The second-order valence-corrected chi connectivity index (χ2v) is 5.21. The zero-order valence-electron chi connectivity index (χ0n) is 8.45. The first-order chi connectivity index (χ1) is 8.08. The van der Waals surface area contributed by atoms with E-state index in [2.05, 4.69) is 9.97 Å². The summed E-state index contributed by atoms with van der Waals surface area (Å²) in [6, 6.07) is 3.29. The van der Waals surface area contributed by atoms with Gasteiger partial charge >= 0.3 is 0 Å². The van der Waals surface area contributed by atoms with Crippen molar-refractivity contribution in [2.24, 2.45) is 0 Å². The van der Waals surface area contributed by atoms with Gasteiger partial charge in [0, 0.05) is 5.41 Å². The minimum atomic E-state index is -3.67. The van der Waals surface area contributed by atoms with Crippen LogP contribution in [-0.4, -0.2) is 18.4 Å². The van der Waals surface area contributed by atoms with Crippen molar-refractivity contribution in [3.63, 3.8) is 0 Å². The molecule has 0 aliphatic carbocycles. The highest BCUT2D eigenvalue weighted by Gasteiger charge is 2.13. The summed E-state index contributed by atoms with van der Waals surface area (Å²) in [6.07, 6.45) is 5.22. The van der Waals surface area contributed by atoms with E-state index in [0.29, 0.717) is 5.76 Å². The molecule has 0 aromatic carbocycles. The van der Waals surface area contributed by atoms with Crippen LogP contribution in [0.5, 0.6) is 0 Å². The summed E-state index contributed by atoms with van der Waals surface area (Å²) in [5.74, 6) is 0.433. The van der Waals surface area contributed by atoms with Crippen molar-refractivity contribution >= 4 is 27.5 Å². The van der Waals surface area contributed by atoms with Crippen molar-refractivity contribution in [1.82, 2.24) is 9.97 Å². The summed E-state index contributed by atoms with van der Waals surface area (Å²) in [5, 5.41) is 0.957. The lowest BCUT2D eigenvalue weighted by molar-refractivity contribution is 0.556. The number of rotatable bonds is 3. The van der Waals surface area contributed by atoms with E-state index in [-0.39, 0.29) is 10.2 Å². The quantitative estimate of drug-likeness (QED) is 0.799. The number of halogens is 1. The number of hydrogen-bond donors (Lipinski definition) is 0. The molecule has 0 fully saturated rings. The number of sulfone groups is 1. The van der Waals surface area contributed by atoms with Crippen molar-refractivity contribution in [2.75, 3.05) is 0 Å². The SMILES string of the molecule is O=S(=O)(/C=C/c1ccco1)c1ncc(Cl)cn1. The van der Waals surface area contributed by atoms with Crippen molar-refractivity contribution in [3.05, 3.63) is 47.0 Å². The van der Waals surface area contributed by atoms with E-state index in [0.717, 1.165) is 5.41 Å². The van der Waals surface area contributed by atoms with Crippen LogP contribution in [0.25, 0.3) is 6.08 Å². The summed E-state index contributed by atoms with van der Waals surface area (Å²) in [5.41, 5.74) is 0. The molecule has 0 spiro atoms. The van der Waals surface area contributed by atoms with Crippen LogP contribution in [0.2, 0.25) is 5.02 Å². The maximum absolute atomic E-state index is 11.7. The van der Waals surface area contributed by atoms with E-state index >= 15 is 0 Å². The lowest BCUT2D eigenvalue weighted by Gasteiger charge is -1.96. The minimum absolute atomic E-state index is 0.277. The number of furan rings is 1. The van der Waals surface area contributed by atoms with Gasteiger partial charge in [0.05, 0.1) is 23.7 Å². The third kappa shape index (κ3) is 2.92. The number of nitrogens with zero attached hydrogens (tertiary/aromatic N) is 2. The molecule has 5 nitrogen and oxygen atoms in total. The van der Waals surface area contributed by atoms with Gasteiger partial charge in [-0.3, -0.25) is 0 Å². The van der Waals surface area contributed by atoms with Crippen LogP contribution in [0, 0.1) is 0 Å². The predicted molar refractivity (Wildman–Crippen MR) is 62.0 cm³/mol. The first kappa shape index (κ1) is 11.8. The Morgan fingerprint density at radius 3 is 2.59 bits per heavy atom. The van der Waals surface area contributed by atoms with Crippen molar-refractivity contribution in [3.8, 4) is 0 Å².